The van der Waals surface area contributed by atoms with Gasteiger partial charge in [-0.15, -0.1) is 21.5 Å². The van der Waals surface area contributed by atoms with E-state index in [1.165, 1.54) is 4.88 Å². The Hall–Kier alpha value is -1.89. The lowest BCUT2D eigenvalue weighted by Gasteiger charge is -2.22. The quantitative estimate of drug-likeness (QED) is 0.919. The summed E-state index contributed by atoms with van der Waals surface area (Å²) in [4.78, 5) is 15.7. The van der Waals surface area contributed by atoms with Crippen LogP contribution in [0.2, 0.25) is 0 Å². The van der Waals surface area contributed by atoms with Crippen LogP contribution >= 0.6 is 11.3 Å². The molecule has 116 valence electrons. The van der Waals surface area contributed by atoms with Crippen molar-refractivity contribution in [2.24, 2.45) is 0 Å². The molecule has 1 saturated carbocycles. The van der Waals surface area contributed by atoms with Crippen molar-refractivity contribution in [3.05, 3.63) is 34.0 Å². The third-order valence-corrected chi connectivity index (χ3v) is 5.10. The van der Waals surface area contributed by atoms with Gasteiger partial charge < -0.3 is 14.8 Å². The summed E-state index contributed by atoms with van der Waals surface area (Å²) >= 11 is 1.70. The highest BCUT2D eigenvalue weighted by Gasteiger charge is 2.33. The van der Waals surface area contributed by atoms with E-state index in [0.717, 1.165) is 43.9 Å². The SMILES string of the molecule is O=C(NCc1nnc2n1CCC2)N(Cc1cccs1)C1CC1. The first kappa shape index (κ1) is 13.8. The minimum Gasteiger partial charge on any atom is -0.331 e. The van der Waals surface area contributed by atoms with Gasteiger partial charge in [-0.3, -0.25) is 0 Å². The van der Waals surface area contributed by atoms with Crippen molar-refractivity contribution < 1.29 is 4.79 Å². The molecule has 0 spiro atoms. The summed E-state index contributed by atoms with van der Waals surface area (Å²) < 4.78 is 2.13. The number of aryl methyl sites for hydroxylation is 1. The summed E-state index contributed by atoms with van der Waals surface area (Å²) in [6.45, 7) is 2.13. The zero-order chi connectivity index (χ0) is 14.9. The van der Waals surface area contributed by atoms with Gasteiger partial charge in [0.2, 0.25) is 0 Å². The molecule has 1 aliphatic carbocycles. The van der Waals surface area contributed by atoms with E-state index in [-0.39, 0.29) is 6.03 Å². The van der Waals surface area contributed by atoms with Crippen molar-refractivity contribution in [2.75, 3.05) is 0 Å². The molecule has 1 fully saturated rings. The number of carbonyl (C=O) groups excluding carboxylic acids is 1. The number of carbonyl (C=O) groups is 1. The van der Waals surface area contributed by atoms with Gasteiger partial charge in [-0.25, -0.2) is 4.79 Å². The van der Waals surface area contributed by atoms with Gasteiger partial charge in [0.05, 0.1) is 13.1 Å². The number of nitrogens with zero attached hydrogens (tertiary/aromatic N) is 4. The Kier molecular flexibility index (Phi) is 3.57. The topological polar surface area (TPSA) is 63.1 Å². The van der Waals surface area contributed by atoms with Crippen LogP contribution in [-0.4, -0.2) is 31.7 Å². The zero-order valence-electron chi connectivity index (χ0n) is 12.4. The minimum atomic E-state index is 0.00578. The highest BCUT2D eigenvalue weighted by molar-refractivity contribution is 7.09. The highest BCUT2D eigenvalue weighted by Crippen LogP contribution is 2.29. The second kappa shape index (κ2) is 5.72. The smallest absolute Gasteiger partial charge is 0.318 e. The van der Waals surface area contributed by atoms with Gasteiger partial charge in [0.25, 0.3) is 0 Å². The van der Waals surface area contributed by atoms with Gasteiger partial charge in [-0.1, -0.05) is 6.07 Å². The van der Waals surface area contributed by atoms with Crippen LogP contribution in [-0.2, 0) is 26.1 Å². The second-order valence-electron chi connectivity index (χ2n) is 5.88. The third kappa shape index (κ3) is 2.72. The zero-order valence-corrected chi connectivity index (χ0v) is 13.2. The molecule has 1 aliphatic heterocycles. The van der Waals surface area contributed by atoms with E-state index >= 15 is 0 Å². The van der Waals surface area contributed by atoms with Crippen LogP contribution in [0.1, 0.15) is 35.8 Å². The van der Waals surface area contributed by atoms with Crippen molar-refractivity contribution in [1.82, 2.24) is 25.0 Å². The predicted molar refractivity (Wildman–Crippen MR) is 83.5 cm³/mol. The number of nitrogens with one attached hydrogen (secondary N) is 1. The van der Waals surface area contributed by atoms with E-state index in [1.54, 1.807) is 11.3 Å². The lowest BCUT2D eigenvalue weighted by molar-refractivity contribution is 0.191. The maximum atomic E-state index is 12.5. The monoisotopic (exact) mass is 317 g/mol. The molecule has 2 aromatic heterocycles. The number of urea groups is 1. The van der Waals surface area contributed by atoms with Crippen LogP contribution in [0.15, 0.2) is 17.5 Å². The molecule has 22 heavy (non-hydrogen) atoms. The van der Waals surface area contributed by atoms with Crippen molar-refractivity contribution in [2.45, 2.75) is 51.4 Å². The fraction of sp³-hybridized carbons (Fsp3) is 0.533. The number of fused-ring (bicyclic) bond motifs is 1. The number of thiophene rings is 1. The predicted octanol–water partition coefficient (Wildman–Crippen LogP) is 2.16. The Morgan fingerprint density at radius 3 is 3.14 bits per heavy atom. The summed E-state index contributed by atoms with van der Waals surface area (Å²) in [5.74, 6) is 1.91. The summed E-state index contributed by atoms with van der Waals surface area (Å²) in [5, 5.41) is 13.4. The first-order valence-corrected chi connectivity index (χ1v) is 8.67. The Labute approximate surface area is 133 Å². The highest BCUT2D eigenvalue weighted by atomic mass is 32.1. The van der Waals surface area contributed by atoms with Crippen molar-refractivity contribution in [3.63, 3.8) is 0 Å². The number of hydrogen-bond donors (Lipinski definition) is 1. The van der Waals surface area contributed by atoms with Crippen LogP contribution in [0.3, 0.4) is 0 Å². The molecule has 2 amide bonds. The summed E-state index contributed by atoms with van der Waals surface area (Å²) in [6, 6.07) is 4.51. The number of amides is 2. The first-order chi connectivity index (χ1) is 10.8. The van der Waals surface area contributed by atoms with Gasteiger partial charge in [-0.05, 0) is 30.7 Å². The molecule has 2 aliphatic rings. The molecule has 7 heteroatoms. The number of rotatable bonds is 5. The van der Waals surface area contributed by atoms with Gasteiger partial charge >= 0.3 is 6.03 Å². The average Bonchev–Trinajstić information content (AvgIpc) is 2.93. The summed E-state index contributed by atoms with van der Waals surface area (Å²) in [6.07, 6.45) is 4.34. The molecule has 0 saturated heterocycles. The third-order valence-electron chi connectivity index (χ3n) is 4.24. The molecule has 2 aromatic rings. The molecule has 0 aromatic carbocycles. The molecule has 4 rings (SSSR count). The average molecular weight is 317 g/mol. The molecule has 0 bridgehead atoms. The fourth-order valence-corrected chi connectivity index (χ4v) is 3.62. The van der Waals surface area contributed by atoms with E-state index in [1.807, 2.05) is 11.0 Å². The van der Waals surface area contributed by atoms with E-state index < -0.39 is 0 Å². The number of hydrogen-bond acceptors (Lipinski definition) is 4. The fourth-order valence-electron chi connectivity index (χ4n) is 2.92. The Bertz CT molecular complexity index is 662. The van der Waals surface area contributed by atoms with Crippen molar-refractivity contribution in [1.29, 1.82) is 0 Å². The number of aromatic nitrogens is 3. The van der Waals surface area contributed by atoms with Crippen LogP contribution in [0.4, 0.5) is 4.79 Å². The lowest BCUT2D eigenvalue weighted by atomic mass is 10.4. The summed E-state index contributed by atoms with van der Waals surface area (Å²) in [5.41, 5.74) is 0. The second-order valence-corrected chi connectivity index (χ2v) is 6.92. The maximum absolute atomic E-state index is 12.5. The van der Waals surface area contributed by atoms with Crippen LogP contribution in [0.25, 0.3) is 0 Å². The summed E-state index contributed by atoms with van der Waals surface area (Å²) in [7, 11) is 0. The maximum Gasteiger partial charge on any atom is 0.318 e. The Morgan fingerprint density at radius 2 is 2.36 bits per heavy atom. The molecule has 6 nitrogen and oxygen atoms in total. The standard InChI is InChI=1S/C15H19N5OS/c21-15(16-9-14-18-17-13-4-1-7-19(13)14)20(11-5-6-11)10-12-3-2-8-22-12/h2-3,8,11H,1,4-7,9-10H2,(H,16,21). The molecule has 1 N–H and O–H groups in total. The van der Waals surface area contributed by atoms with E-state index in [2.05, 4.69) is 31.5 Å². The van der Waals surface area contributed by atoms with E-state index in [4.69, 9.17) is 0 Å². The molecule has 0 atom stereocenters. The van der Waals surface area contributed by atoms with E-state index in [0.29, 0.717) is 19.1 Å². The van der Waals surface area contributed by atoms with Crippen LogP contribution in [0.5, 0.6) is 0 Å². The molecule has 3 heterocycles. The minimum absolute atomic E-state index is 0.00578. The first-order valence-electron chi connectivity index (χ1n) is 7.79. The lowest BCUT2D eigenvalue weighted by Crippen LogP contribution is -2.40. The molecule has 0 unspecified atom stereocenters. The largest absolute Gasteiger partial charge is 0.331 e. The van der Waals surface area contributed by atoms with Gasteiger partial charge in [0.1, 0.15) is 5.82 Å². The van der Waals surface area contributed by atoms with Gasteiger partial charge in [0.15, 0.2) is 5.82 Å². The van der Waals surface area contributed by atoms with Crippen LogP contribution in [0, 0.1) is 0 Å². The van der Waals surface area contributed by atoms with Crippen molar-refractivity contribution >= 4 is 17.4 Å². The van der Waals surface area contributed by atoms with E-state index in [9.17, 15) is 4.79 Å². The van der Waals surface area contributed by atoms with Gasteiger partial charge in [0, 0.05) is 23.9 Å². The molecular formula is C15H19N5OS. The van der Waals surface area contributed by atoms with Crippen molar-refractivity contribution in [3.8, 4) is 0 Å². The van der Waals surface area contributed by atoms with Crippen LogP contribution < -0.4 is 5.32 Å². The normalized spacial score (nSPS) is 16.5. The Morgan fingerprint density at radius 1 is 1.45 bits per heavy atom. The van der Waals surface area contributed by atoms with Gasteiger partial charge in [-0.2, -0.15) is 0 Å². The Balaban J connectivity index is 1.39. The molecule has 0 radical (unpaired) electrons. The molecular weight excluding hydrogens is 298 g/mol.